The molecule has 0 radical (unpaired) electrons. The summed E-state index contributed by atoms with van der Waals surface area (Å²) in [7, 11) is 1.70. The van der Waals surface area contributed by atoms with Gasteiger partial charge in [-0.2, -0.15) is 0 Å². The first kappa shape index (κ1) is 14.4. The van der Waals surface area contributed by atoms with Crippen LogP contribution in [0, 0.1) is 5.92 Å². The molecule has 0 aliphatic heterocycles. The third-order valence-corrected chi connectivity index (χ3v) is 4.58. The zero-order valence-electron chi connectivity index (χ0n) is 12.3. The van der Waals surface area contributed by atoms with Crippen molar-refractivity contribution >= 4 is 0 Å². The van der Waals surface area contributed by atoms with E-state index in [0.717, 1.165) is 24.5 Å². The molecule has 19 heavy (non-hydrogen) atoms. The number of ether oxygens (including phenoxy) is 1. The molecule has 0 saturated heterocycles. The van der Waals surface area contributed by atoms with Crippen molar-refractivity contribution in [1.82, 2.24) is 0 Å². The van der Waals surface area contributed by atoms with Crippen molar-refractivity contribution in [2.75, 3.05) is 7.11 Å². The average molecular weight is 261 g/mol. The Bertz CT molecular complexity index is 387. The molecule has 2 N–H and O–H groups in total. The van der Waals surface area contributed by atoms with Crippen LogP contribution in [0.2, 0.25) is 0 Å². The topological polar surface area (TPSA) is 35.2 Å². The van der Waals surface area contributed by atoms with Crippen molar-refractivity contribution in [3.8, 4) is 5.75 Å². The molecule has 2 heteroatoms. The van der Waals surface area contributed by atoms with E-state index in [1.807, 2.05) is 12.1 Å². The van der Waals surface area contributed by atoms with E-state index in [1.165, 1.54) is 37.7 Å². The SMILES string of the molecule is COc1ccc(CCC2(N)CCCC(C)CC2)cc1. The van der Waals surface area contributed by atoms with Crippen LogP contribution >= 0.6 is 0 Å². The minimum atomic E-state index is 0.0602. The Morgan fingerprint density at radius 3 is 2.63 bits per heavy atom. The van der Waals surface area contributed by atoms with Gasteiger partial charge in [0.25, 0.3) is 0 Å². The summed E-state index contributed by atoms with van der Waals surface area (Å²) < 4.78 is 5.19. The summed E-state index contributed by atoms with van der Waals surface area (Å²) >= 11 is 0. The number of hydrogen-bond acceptors (Lipinski definition) is 2. The second-order valence-electron chi connectivity index (χ2n) is 6.25. The maximum atomic E-state index is 6.60. The van der Waals surface area contributed by atoms with Gasteiger partial charge in [0, 0.05) is 5.54 Å². The first-order valence-corrected chi connectivity index (χ1v) is 7.53. The number of benzene rings is 1. The van der Waals surface area contributed by atoms with E-state index in [4.69, 9.17) is 10.5 Å². The Hall–Kier alpha value is -1.02. The zero-order chi connectivity index (χ0) is 13.7. The highest BCUT2D eigenvalue weighted by molar-refractivity contribution is 5.27. The largest absolute Gasteiger partial charge is 0.497 e. The fraction of sp³-hybridized carbons (Fsp3) is 0.647. The lowest BCUT2D eigenvalue weighted by atomic mass is 9.85. The fourth-order valence-corrected chi connectivity index (χ4v) is 3.04. The van der Waals surface area contributed by atoms with Gasteiger partial charge in [-0.1, -0.05) is 31.9 Å². The molecule has 1 aromatic rings. The van der Waals surface area contributed by atoms with E-state index in [0.29, 0.717) is 0 Å². The van der Waals surface area contributed by atoms with E-state index >= 15 is 0 Å². The molecule has 2 unspecified atom stereocenters. The molecule has 1 fully saturated rings. The van der Waals surface area contributed by atoms with Gasteiger partial charge in [-0.15, -0.1) is 0 Å². The third-order valence-electron chi connectivity index (χ3n) is 4.58. The predicted octanol–water partition coefficient (Wildman–Crippen LogP) is 3.93. The van der Waals surface area contributed by atoms with Crippen LogP contribution < -0.4 is 10.5 Å². The lowest BCUT2D eigenvalue weighted by molar-refractivity contribution is 0.341. The predicted molar refractivity (Wildman–Crippen MR) is 80.5 cm³/mol. The number of hydrogen-bond donors (Lipinski definition) is 1. The summed E-state index contributed by atoms with van der Waals surface area (Å²) in [6.07, 6.45) is 8.49. The summed E-state index contributed by atoms with van der Waals surface area (Å²) in [5, 5.41) is 0. The van der Waals surface area contributed by atoms with Crippen molar-refractivity contribution in [2.45, 2.75) is 57.4 Å². The molecule has 2 nitrogen and oxygen atoms in total. The molecule has 1 saturated carbocycles. The van der Waals surface area contributed by atoms with Crippen molar-refractivity contribution in [3.63, 3.8) is 0 Å². The second-order valence-corrected chi connectivity index (χ2v) is 6.25. The van der Waals surface area contributed by atoms with Crippen molar-refractivity contribution < 1.29 is 4.74 Å². The lowest BCUT2D eigenvalue weighted by Crippen LogP contribution is -2.39. The number of aryl methyl sites for hydroxylation is 1. The summed E-state index contributed by atoms with van der Waals surface area (Å²) in [5.41, 5.74) is 8.02. The van der Waals surface area contributed by atoms with Gasteiger partial charge in [0.2, 0.25) is 0 Å². The second kappa shape index (κ2) is 6.42. The van der Waals surface area contributed by atoms with Crippen LogP contribution in [0.25, 0.3) is 0 Å². The van der Waals surface area contributed by atoms with E-state index in [-0.39, 0.29) is 5.54 Å². The molecule has 0 bridgehead atoms. The minimum absolute atomic E-state index is 0.0602. The summed E-state index contributed by atoms with van der Waals surface area (Å²) in [5.74, 6) is 1.78. The molecular formula is C17H27NO. The van der Waals surface area contributed by atoms with Crippen LogP contribution in [0.3, 0.4) is 0 Å². The first-order chi connectivity index (χ1) is 9.11. The first-order valence-electron chi connectivity index (χ1n) is 7.53. The van der Waals surface area contributed by atoms with Gasteiger partial charge in [-0.05, 0) is 55.7 Å². The Morgan fingerprint density at radius 1 is 1.21 bits per heavy atom. The van der Waals surface area contributed by atoms with Crippen LogP contribution in [-0.4, -0.2) is 12.6 Å². The Labute approximate surface area is 117 Å². The van der Waals surface area contributed by atoms with Crippen molar-refractivity contribution in [1.29, 1.82) is 0 Å². The Balaban J connectivity index is 1.89. The lowest BCUT2D eigenvalue weighted by Gasteiger charge is -2.28. The molecule has 1 aromatic carbocycles. The van der Waals surface area contributed by atoms with Crippen LogP contribution in [0.15, 0.2) is 24.3 Å². The third kappa shape index (κ3) is 4.24. The molecule has 0 heterocycles. The van der Waals surface area contributed by atoms with Crippen LogP contribution in [-0.2, 0) is 6.42 Å². The van der Waals surface area contributed by atoms with Gasteiger partial charge in [0.05, 0.1) is 7.11 Å². The van der Waals surface area contributed by atoms with Crippen LogP contribution in [0.4, 0.5) is 0 Å². The van der Waals surface area contributed by atoms with E-state index in [1.54, 1.807) is 7.11 Å². The van der Waals surface area contributed by atoms with E-state index in [9.17, 15) is 0 Å². The molecule has 106 valence electrons. The van der Waals surface area contributed by atoms with E-state index in [2.05, 4.69) is 19.1 Å². The van der Waals surface area contributed by atoms with Gasteiger partial charge < -0.3 is 10.5 Å². The number of nitrogens with two attached hydrogens (primary N) is 1. The van der Waals surface area contributed by atoms with Gasteiger partial charge in [-0.25, -0.2) is 0 Å². The highest BCUT2D eigenvalue weighted by atomic mass is 16.5. The molecule has 1 aliphatic rings. The Morgan fingerprint density at radius 2 is 1.95 bits per heavy atom. The van der Waals surface area contributed by atoms with Gasteiger partial charge in [-0.3, -0.25) is 0 Å². The Kier molecular flexibility index (Phi) is 4.87. The maximum absolute atomic E-state index is 6.60. The van der Waals surface area contributed by atoms with Gasteiger partial charge in [0.1, 0.15) is 5.75 Å². The standard InChI is InChI=1S/C17H27NO/c1-14-4-3-11-17(18,12-9-14)13-10-15-5-7-16(19-2)8-6-15/h5-8,14H,3-4,9-13,18H2,1-2H3. The molecule has 0 spiro atoms. The summed E-state index contributed by atoms with van der Waals surface area (Å²) in [6.45, 7) is 2.36. The maximum Gasteiger partial charge on any atom is 0.118 e. The van der Waals surface area contributed by atoms with Gasteiger partial charge >= 0.3 is 0 Å². The monoisotopic (exact) mass is 261 g/mol. The number of methoxy groups -OCH3 is 1. The summed E-state index contributed by atoms with van der Waals surface area (Å²) in [4.78, 5) is 0. The van der Waals surface area contributed by atoms with Gasteiger partial charge in [0.15, 0.2) is 0 Å². The number of rotatable bonds is 4. The van der Waals surface area contributed by atoms with Crippen molar-refractivity contribution in [3.05, 3.63) is 29.8 Å². The molecule has 1 aliphatic carbocycles. The minimum Gasteiger partial charge on any atom is -0.497 e. The highest BCUT2D eigenvalue weighted by Gasteiger charge is 2.27. The van der Waals surface area contributed by atoms with E-state index < -0.39 is 0 Å². The molecule has 2 rings (SSSR count). The normalized spacial score (nSPS) is 27.8. The molecule has 0 aromatic heterocycles. The van der Waals surface area contributed by atoms with Crippen LogP contribution in [0.1, 0.15) is 51.0 Å². The fourth-order valence-electron chi connectivity index (χ4n) is 3.04. The zero-order valence-corrected chi connectivity index (χ0v) is 12.3. The van der Waals surface area contributed by atoms with Crippen molar-refractivity contribution in [2.24, 2.45) is 11.7 Å². The highest BCUT2D eigenvalue weighted by Crippen LogP contribution is 2.31. The molecular weight excluding hydrogens is 234 g/mol. The summed E-state index contributed by atoms with van der Waals surface area (Å²) in [6, 6.07) is 8.38. The van der Waals surface area contributed by atoms with Crippen LogP contribution in [0.5, 0.6) is 5.75 Å². The molecule has 0 amide bonds. The molecule has 2 atom stereocenters. The smallest absolute Gasteiger partial charge is 0.118 e. The average Bonchev–Trinajstić information content (AvgIpc) is 2.60. The quantitative estimate of drug-likeness (QED) is 0.834.